The summed E-state index contributed by atoms with van der Waals surface area (Å²) < 4.78 is 0. The molecule has 0 heterocycles. The number of carbonyl (C=O) groups excluding carboxylic acids is 1. The minimum atomic E-state index is -0.0538. The van der Waals surface area contributed by atoms with E-state index in [0.29, 0.717) is 13.1 Å². The summed E-state index contributed by atoms with van der Waals surface area (Å²) in [5.74, 6) is 0. The van der Waals surface area contributed by atoms with Crippen LogP contribution in [0.15, 0.2) is 24.3 Å². The van der Waals surface area contributed by atoms with Crippen molar-refractivity contribution in [1.29, 1.82) is 0 Å². The fourth-order valence-electron chi connectivity index (χ4n) is 3.04. The molecule has 4 nitrogen and oxygen atoms in total. The van der Waals surface area contributed by atoms with Gasteiger partial charge in [0, 0.05) is 13.1 Å². The number of aliphatic hydroxyl groups is 1. The van der Waals surface area contributed by atoms with Crippen LogP contribution in [0, 0.1) is 0 Å². The standard InChI is InChI=1S/C17H26N2O2/c1-2-3-6-11-18-17(21)19(12-13-20)16-10-9-14-7-4-5-8-15(14)16/h4-5,7-8,16,20H,2-3,6,9-13H2,1H3,(H,18,21). The average molecular weight is 290 g/mol. The van der Waals surface area contributed by atoms with Crippen molar-refractivity contribution in [2.75, 3.05) is 19.7 Å². The van der Waals surface area contributed by atoms with Crippen molar-refractivity contribution in [3.8, 4) is 0 Å². The van der Waals surface area contributed by atoms with Crippen LogP contribution in [0.1, 0.15) is 49.8 Å². The third-order valence-corrected chi connectivity index (χ3v) is 4.14. The molecule has 0 aromatic heterocycles. The van der Waals surface area contributed by atoms with E-state index in [-0.39, 0.29) is 18.7 Å². The van der Waals surface area contributed by atoms with Gasteiger partial charge in [-0.05, 0) is 30.4 Å². The third-order valence-electron chi connectivity index (χ3n) is 4.14. The summed E-state index contributed by atoms with van der Waals surface area (Å²) in [6, 6.07) is 8.34. The molecule has 1 aliphatic carbocycles. The highest BCUT2D eigenvalue weighted by molar-refractivity contribution is 5.75. The van der Waals surface area contributed by atoms with Crippen molar-refractivity contribution in [1.82, 2.24) is 10.2 Å². The van der Waals surface area contributed by atoms with Crippen molar-refractivity contribution >= 4 is 6.03 Å². The third kappa shape index (κ3) is 3.97. The summed E-state index contributed by atoms with van der Waals surface area (Å²) in [5.41, 5.74) is 2.55. The topological polar surface area (TPSA) is 52.6 Å². The number of benzene rings is 1. The Bertz CT molecular complexity index is 462. The molecule has 2 rings (SSSR count). The Morgan fingerprint density at radius 1 is 1.38 bits per heavy atom. The second-order valence-corrected chi connectivity index (χ2v) is 5.61. The lowest BCUT2D eigenvalue weighted by Gasteiger charge is -2.29. The Hall–Kier alpha value is -1.55. The number of hydrogen-bond acceptors (Lipinski definition) is 2. The van der Waals surface area contributed by atoms with Gasteiger partial charge in [-0.2, -0.15) is 0 Å². The van der Waals surface area contributed by atoms with Gasteiger partial charge in [0.1, 0.15) is 0 Å². The number of rotatable bonds is 7. The quantitative estimate of drug-likeness (QED) is 0.759. The highest BCUT2D eigenvalue weighted by Crippen LogP contribution is 2.35. The molecule has 1 aromatic carbocycles. The van der Waals surface area contributed by atoms with Gasteiger partial charge in [-0.25, -0.2) is 4.79 Å². The SMILES string of the molecule is CCCCCNC(=O)N(CCO)C1CCc2ccccc21. The Morgan fingerprint density at radius 2 is 2.19 bits per heavy atom. The molecule has 0 saturated carbocycles. The van der Waals surface area contributed by atoms with Gasteiger partial charge in [0.15, 0.2) is 0 Å². The molecule has 0 radical (unpaired) electrons. The minimum Gasteiger partial charge on any atom is -0.395 e. The van der Waals surface area contributed by atoms with Crippen molar-refractivity contribution in [2.24, 2.45) is 0 Å². The molecule has 0 spiro atoms. The summed E-state index contributed by atoms with van der Waals surface area (Å²) in [4.78, 5) is 14.2. The lowest BCUT2D eigenvalue weighted by atomic mass is 10.1. The van der Waals surface area contributed by atoms with E-state index in [0.717, 1.165) is 32.1 Å². The number of hydrogen-bond donors (Lipinski definition) is 2. The summed E-state index contributed by atoms with van der Waals surface area (Å²) in [6.45, 7) is 3.25. The fourth-order valence-corrected chi connectivity index (χ4v) is 3.04. The number of fused-ring (bicyclic) bond motifs is 1. The number of aliphatic hydroxyl groups excluding tert-OH is 1. The normalized spacial score (nSPS) is 16.6. The largest absolute Gasteiger partial charge is 0.395 e. The van der Waals surface area contributed by atoms with Gasteiger partial charge in [0.05, 0.1) is 12.6 Å². The summed E-state index contributed by atoms with van der Waals surface area (Å²) >= 11 is 0. The van der Waals surface area contributed by atoms with Crippen LogP contribution in [0.2, 0.25) is 0 Å². The maximum Gasteiger partial charge on any atom is 0.317 e. The van der Waals surface area contributed by atoms with Crippen LogP contribution >= 0.6 is 0 Å². The number of aryl methyl sites for hydroxylation is 1. The van der Waals surface area contributed by atoms with E-state index in [2.05, 4.69) is 24.4 Å². The molecule has 1 atom stereocenters. The van der Waals surface area contributed by atoms with Crippen LogP contribution in [-0.4, -0.2) is 35.7 Å². The molecular formula is C17H26N2O2. The van der Waals surface area contributed by atoms with Crippen LogP contribution in [0.3, 0.4) is 0 Å². The Balaban J connectivity index is 2.00. The van der Waals surface area contributed by atoms with E-state index in [1.54, 1.807) is 4.90 Å². The first-order valence-corrected chi connectivity index (χ1v) is 8.01. The Morgan fingerprint density at radius 3 is 2.95 bits per heavy atom. The zero-order valence-electron chi connectivity index (χ0n) is 12.8. The van der Waals surface area contributed by atoms with Gasteiger partial charge in [-0.1, -0.05) is 44.0 Å². The van der Waals surface area contributed by atoms with E-state index >= 15 is 0 Å². The molecule has 0 bridgehead atoms. The van der Waals surface area contributed by atoms with E-state index in [1.807, 2.05) is 12.1 Å². The molecular weight excluding hydrogens is 264 g/mol. The smallest absolute Gasteiger partial charge is 0.317 e. The number of urea groups is 1. The first-order chi connectivity index (χ1) is 10.3. The average Bonchev–Trinajstić information content (AvgIpc) is 2.93. The zero-order valence-corrected chi connectivity index (χ0v) is 12.8. The number of unbranched alkanes of at least 4 members (excludes halogenated alkanes) is 2. The number of nitrogens with zero attached hydrogens (tertiary/aromatic N) is 1. The molecule has 1 aliphatic rings. The van der Waals surface area contributed by atoms with Crippen LogP contribution < -0.4 is 5.32 Å². The first-order valence-electron chi connectivity index (χ1n) is 8.01. The van der Waals surface area contributed by atoms with Gasteiger partial charge in [-0.3, -0.25) is 0 Å². The van der Waals surface area contributed by atoms with Gasteiger partial charge in [-0.15, -0.1) is 0 Å². The summed E-state index contributed by atoms with van der Waals surface area (Å²) in [7, 11) is 0. The van der Waals surface area contributed by atoms with Crippen molar-refractivity contribution in [3.63, 3.8) is 0 Å². The number of amides is 2. The molecule has 116 valence electrons. The molecule has 1 unspecified atom stereocenters. The molecule has 2 N–H and O–H groups in total. The molecule has 21 heavy (non-hydrogen) atoms. The summed E-state index contributed by atoms with van der Waals surface area (Å²) in [6.07, 6.45) is 5.24. The van der Waals surface area contributed by atoms with E-state index in [9.17, 15) is 9.90 Å². The maximum atomic E-state index is 12.4. The maximum absolute atomic E-state index is 12.4. The van der Waals surface area contributed by atoms with Crippen LogP contribution in [0.25, 0.3) is 0 Å². The highest BCUT2D eigenvalue weighted by atomic mass is 16.3. The Labute approximate surface area is 127 Å². The zero-order chi connectivity index (χ0) is 15.1. The lowest BCUT2D eigenvalue weighted by Crippen LogP contribution is -2.43. The van der Waals surface area contributed by atoms with Crippen LogP contribution in [0.5, 0.6) is 0 Å². The minimum absolute atomic E-state index is 0.00104. The van der Waals surface area contributed by atoms with Gasteiger partial charge in [0.2, 0.25) is 0 Å². The van der Waals surface area contributed by atoms with E-state index < -0.39 is 0 Å². The van der Waals surface area contributed by atoms with Crippen LogP contribution in [0.4, 0.5) is 4.79 Å². The Kier molecular flexibility index (Phi) is 6.05. The molecule has 0 saturated heterocycles. The van der Waals surface area contributed by atoms with Crippen molar-refractivity contribution in [2.45, 2.75) is 45.1 Å². The van der Waals surface area contributed by atoms with Gasteiger partial charge < -0.3 is 15.3 Å². The molecule has 2 amide bonds. The fraction of sp³-hybridized carbons (Fsp3) is 0.588. The number of carbonyl (C=O) groups is 1. The monoisotopic (exact) mass is 290 g/mol. The predicted octanol–water partition coefficient (Wildman–Crippen LogP) is 2.87. The molecule has 4 heteroatoms. The lowest BCUT2D eigenvalue weighted by molar-refractivity contribution is 0.151. The highest BCUT2D eigenvalue weighted by Gasteiger charge is 2.30. The van der Waals surface area contributed by atoms with Crippen molar-refractivity contribution in [3.05, 3.63) is 35.4 Å². The number of nitrogens with one attached hydrogen (secondary N) is 1. The van der Waals surface area contributed by atoms with Crippen molar-refractivity contribution < 1.29 is 9.90 Å². The molecule has 0 aliphatic heterocycles. The molecule has 1 aromatic rings. The first kappa shape index (κ1) is 15.8. The predicted molar refractivity (Wildman–Crippen MR) is 84.2 cm³/mol. The van der Waals surface area contributed by atoms with Gasteiger partial charge >= 0.3 is 6.03 Å². The van der Waals surface area contributed by atoms with Crippen LogP contribution in [-0.2, 0) is 6.42 Å². The van der Waals surface area contributed by atoms with E-state index in [4.69, 9.17) is 0 Å². The van der Waals surface area contributed by atoms with Gasteiger partial charge in [0.25, 0.3) is 0 Å². The second-order valence-electron chi connectivity index (χ2n) is 5.61. The second kappa shape index (κ2) is 8.03. The molecule has 0 fully saturated rings. The summed E-state index contributed by atoms with van der Waals surface area (Å²) in [5, 5.41) is 12.3. The van der Waals surface area contributed by atoms with E-state index in [1.165, 1.54) is 11.1 Å².